The van der Waals surface area contributed by atoms with Crippen molar-refractivity contribution >= 4 is 22.5 Å². The molecule has 3 nitrogen and oxygen atoms in total. The summed E-state index contributed by atoms with van der Waals surface area (Å²) in [5.74, 6) is -0.365. The smallest absolute Gasteiger partial charge is 0.318 e. The first-order valence-electron chi connectivity index (χ1n) is 7.50. The van der Waals surface area contributed by atoms with Crippen molar-refractivity contribution in [2.45, 2.75) is 13.3 Å². The van der Waals surface area contributed by atoms with Gasteiger partial charge in [0.25, 0.3) is 0 Å². The van der Waals surface area contributed by atoms with Crippen molar-refractivity contribution < 1.29 is 9.63 Å². The molecule has 0 heterocycles. The van der Waals surface area contributed by atoms with Crippen LogP contribution in [0.3, 0.4) is 0 Å². The van der Waals surface area contributed by atoms with E-state index < -0.39 is 0 Å². The van der Waals surface area contributed by atoms with Gasteiger partial charge in [-0.15, -0.1) is 0 Å². The fourth-order valence-electron chi connectivity index (χ4n) is 2.38. The lowest BCUT2D eigenvalue weighted by Crippen LogP contribution is -2.06. The van der Waals surface area contributed by atoms with Gasteiger partial charge < -0.3 is 4.84 Å². The summed E-state index contributed by atoms with van der Waals surface area (Å²) in [7, 11) is 0. The highest BCUT2D eigenvalue weighted by atomic mass is 16.7. The van der Waals surface area contributed by atoms with E-state index >= 15 is 0 Å². The Bertz CT molecular complexity index is 854. The normalized spacial score (nSPS) is 11.4. The summed E-state index contributed by atoms with van der Waals surface area (Å²) in [6.07, 6.45) is 0.218. The first kappa shape index (κ1) is 15.0. The first-order valence-corrected chi connectivity index (χ1v) is 7.50. The third-order valence-electron chi connectivity index (χ3n) is 3.64. The molecule has 0 bridgehead atoms. The summed E-state index contributed by atoms with van der Waals surface area (Å²) in [5, 5.41) is 6.27. The molecule has 0 aliphatic rings. The van der Waals surface area contributed by atoms with Crippen LogP contribution >= 0.6 is 0 Å². The van der Waals surface area contributed by atoms with Gasteiger partial charge in [0.15, 0.2) is 0 Å². The third-order valence-corrected chi connectivity index (χ3v) is 3.64. The average Bonchev–Trinajstić information content (AvgIpc) is 2.60. The number of hydrogen-bond acceptors (Lipinski definition) is 3. The second-order valence-corrected chi connectivity index (χ2v) is 5.36. The van der Waals surface area contributed by atoms with Crippen LogP contribution in [0.4, 0.5) is 0 Å². The molecule has 0 atom stereocenters. The van der Waals surface area contributed by atoms with E-state index in [2.05, 4.69) is 11.2 Å². The molecular formula is C20H17NO2. The van der Waals surface area contributed by atoms with Crippen molar-refractivity contribution in [3.8, 4) is 0 Å². The zero-order chi connectivity index (χ0) is 16.1. The highest BCUT2D eigenvalue weighted by Gasteiger charge is 2.06. The van der Waals surface area contributed by atoms with E-state index in [-0.39, 0.29) is 12.4 Å². The first-order chi connectivity index (χ1) is 11.2. The number of carbonyl (C=O) groups is 1. The second-order valence-electron chi connectivity index (χ2n) is 5.36. The highest BCUT2D eigenvalue weighted by molar-refractivity contribution is 6.01. The Labute approximate surface area is 135 Å². The van der Waals surface area contributed by atoms with E-state index in [9.17, 15) is 4.79 Å². The molecule has 0 aliphatic heterocycles. The number of nitrogens with zero attached hydrogens (tertiary/aromatic N) is 1. The predicted molar refractivity (Wildman–Crippen MR) is 92.4 cm³/mol. The predicted octanol–water partition coefficient (Wildman–Crippen LogP) is 4.35. The Morgan fingerprint density at radius 3 is 2.39 bits per heavy atom. The fraction of sp³-hybridized carbons (Fsp3) is 0.100. The molecule has 0 radical (unpaired) electrons. The van der Waals surface area contributed by atoms with Crippen LogP contribution in [-0.2, 0) is 16.1 Å². The van der Waals surface area contributed by atoms with Gasteiger partial charge in [0, 0.05) is 0 Å². The number of benzene rings is 3. The zero-order valence-corrected chi connectivity index (χ0v) is 12.9. The molecular weight excluding hydrogens is 286 g/mol. The Kier molecular flexibility index (Phi) is 4.48. The van der Waals surface area contributed by atoms with Crippen molar-refractivity contribution in [1.82, 2.24) is 0 Å². The summed E-state index contributed by atoms with van der Waals surface area (Å²) < 4.78 is 0. The minimum absolute atomic E-state index is 0.218. The maximum Gasteiger partial charge on any atom is 0.339 e. The Morgan fingerprint density at radius 1 is 0.913 bits per heavy atom. The van der Waals surface area contributed by atoms with Gasteiger partial charge in [0.2, 0.25) is 0 Å². The average molecular weight is 303 g/mol. The van der Waals surface area contributed by atoms with E-state index in [1.807, 2.05) is 73.7 Å². The molecule has 0 aromatic heterocycles. The van der Waals surface area contributed by atoms with Gasteiger partial charge in [-0.3, -0.25) is 0 Å². The van der Waals surface area contributed by atoms with Crippen LogP contribution in [0, 0.1) is 0 Å². The van der Waals surface area contributed by atoms with Gasteiger partial charge >= 0.3 is 5.97 Å². The third kappa shape index (κ3) is 3.83. The Hall–Kier alpha value is -2.94. The van der Waals surface area contributed by atoms with Crippen LogP contribution in [0.15, 0.2) is 78.0 Å². The topological polar surface area (TPSA) is 38.7 Å². The molecule has 3 aromatic rings. The van der Waals surface area contributed by atoms with Crippen molar-refractivity contribution in [3.63, 3.8) is 0 Å². The van der Waals surface area contributed by atoms with Gasteiger partial charge in [0.05, 0.1) is 12.1 Å². The summed E-state index contributed by atoms with van der Waals surface area (Å²) in [6.45, 7) is 1.83. The maximum absolute atomic E-state index is 11.8. The van der Waals surface area contributed by atoms with Crippen LogP contribution < -0.4 is 0 Å². The van der Waals surface area contributed by atoms with Crippen LogP contribution in [0.2, 0.25) is 0 Å². The molecule has 0 N–H and O–H groups in total. The lowest BCUT2D eigenvalue weighted by molar-refractivity contribution is -0.142. The van der Waals surface area contributed by atoms with Crippen molar-refractivity contribution in [3.05, 3.63) is 83.9 Å². The molecule has 0 amide bonds. The Balaban J connectivity index is 1.69. The van der Waals surface area contributed by atoms with E-state index in [0.29, 0.717) is 5.71 Å². The van der Waals surface area contributed by atoms with Gasteiger partial charge in [-0.2, -0.15) is 0 Å². The largest absolute Gasteiger partial charge is 0.339 e. The second kappa shape index (κ2) is 6.88. The lowest BCUT2D eigenvalue weighted by Gasteiger charge is -2.04. The molecule has 3 heteroatoms. The highest BCUT2D eigenvalue weighted by Crippen LogP contribution is 2.16. The van der Waals surface area contributed by atoms with Crippen LogP contribution in [0.5, 0.6) is 0 Å². The SMILES string of the molecule is CC(=NOC(=O)Cc1ccccc1)c1ccc2ccccc2c1. The number of oxime groups is 1. The van der Waals surface area contributed by atoms with Gasteiger partial charge in [-0.1, -0.05) is 71.9 Å². The minimum atomic E-state index is -0.365. The van der Waals surface area contributed by atoms with E-state index in [0.717, 1.165) is 16.5 Å². The molecule has 0 unspecified atom stereocenters. The van der Waals surface area contributed by atoms with E-state index in [4.69, 9.17) is 4.84 Å². The van der Waals surface area contributed by atoms with Crippen molar-refractivity contribution in [1.29, 1.82) is 0 Å². The quantitative estimate of drug-likeness (QED) is 0.408. The molecule has 0 saturated heterocycles. The minimum Gasteiger partial charge on any atom is -0.318 e. The van der Waals surface area contributed by atoms with Crippen molar-refractivity contribution in [2.24, 2.45) is 5.16 Å². The van der Waals surface area contributed by atoms with Crippen LogP contribution in [0.25, 0.3) is 10.8 Å². The van der Waals surface area contributed by atoms with Crippen LogP contribution in [-0.4, -0.2) is 11.7 Å². The monoisotopic (exact) mass is 303 g/mol. The van der Waals surface area contributed by atoms with Gasteiger partial charge in [0.1, 0.15) is 0 Å². The summed E-state index contributed by atoms with van der Waals surface area (Å²) in [5.41, 5.74) is 2.53. The molecule has 3 aromatic carbocycles. The summed E-state index contributed by atoms with van der Waals surface area (Å²) in [4.78, 5) is 16.9. The molecule has 23 heavy (non-hydrogen) atoms. The Morgan fingerprint density at radius 2 is 1.61 bits per heavy atom. The maximum atomic E-state index is 11.8. The van der Waals surface area contributed by atoms with Crippen molar-refractivity contribution in [2.75, 3.05) is 0 Å². The molecule has 0 fully saturated rings. The molecule has 0 saturated carbocycles. The lowest BCUT2D eigenvalue weighted by atomic mass is 10.0. The number of rotatable bonds is 4. The molecule has 3 rings (SSSR count). The van der Waals surface area contributed by atoms with E-state index in [1.165, 1.54) is 5.39 Å². The molecule has 114 valence electrons. The number of carbonyl (C=O) groups excluding carboxylic acids is 1. The van der Waals surface area contributed by atoms with Gasteiger partial charge in [-0.05, 0) is 34.9 Å². The van der Waals surface area contributed by atoms with Crippen LogP contribution in [0.1, 0.15) is 18.1 Å². The standard InChI is InChI=1S/C20H17NO2/c1-15(18-12-11-17-9-5-6-10-19(17)14-18)21-23-20(22)13-16-7-3-2-4-8-16/h2-12,14H,13H2,1H3. The van der Waals surface area contributed by atoms with E-state index in [1.54, 1.807) is 0 Å². The van der Waals surface area contributed by atoms with Gasteiger partial charge in [-0.25, -0.2) is 4.79 Å². The number of hydrogen-bond donors (Lipinski definition) is 0. The summed E-state index contributed by atoms with van der Waals surface area (Å²) in [6, 6.07) is 23.7. The molecule has 0 spiro atoms. The number of fused-ring (bicyclic) bond motifs is 1. The zero-order valence-electron chi connectivity index (χ0n) is 12.9. The summed E-state index contributed by atoms with van der Waals surface area (Å²) >= 11 is 0. The fourth-order valence-corrected chi connectivity index (χ4v) is 2.38. The molecule has 0 aliphatic carbocycles.